The van der Waals surface area contributed by atoms with Gasteiger partial charge >= 0.3 is 0 Å². The van der Waals surface area contributed by atoms with Gasteiger partial charge in [0.05, 0.1) is 12.1 Å². The molecule has 4 heteroatoms. The largest absolute Gasteiger partial charge is 0.391 e. The standard InChI is InChI=1S/C14H21N3O/c18-13-8-4-3-7-12(13)17-14-10-5-1-2-6-11(10)15-9-16-14/h9,12-13,18H,1-8H2,(H,15,16,17). The maximum Gasteiger partial charge on any atom is 0.133 e. The first-order valence-electron chi connectivity index (χ1n) is 7.12. The van der Waals surface area contributed by atoms with Crippen molar-refractivity contribution in [2.45, 2.75) is 63.5 Å². The minimum Gasteiger partial charge on any atom is -0.391 e. The van der Waals surface area contributed by atoms with Crippen molar-refractivity contribution in [3.05, 3.63) is 17.6 Å². The van der Waals surface area contributed by atoms with Crippen LogP contribution in [0.4, 0.5) is 5.82 Å². The molecule has 2 N–H and O–H groups in total. The zero-order chi connectivity index (χ0) is 12.4. The fourth-order valence-electron chi connectivity index (χ4n) is 3.10. The molecule has 2 aliphatic carbocycles. The van der Waals surface area contributed by atoms with Gasteiger partial charge in [0.1, 0.15) is 12.1 Å². The van der Waals surface area contributed by atoms with E-state index in [2.05, 4.69) is 15.3 Å². The lowest BCUT2D eigenvalue weighted by atomic mass is 9.91. The van der Waals surface area contributed by atoms with E-state index in [0.29, 0.717) is 0 Å². The number of anilines is 1. The highest BCUT2D eigenvalue weighted by atomic mass is 16.3. The third kappa shape index (κ3) is 2.34. The van der Waals surface area contributed by atoms with E-state index < -0.39 is 0 Å². The van der Waals surface area contributed by atoms with Gasteiger partial charge in [-0.1, -0.05) is 12.8 Å². The number of nitrogens with zero attached hydrogens (tertiary/aromatic N) is 2. The molecule has 0 aromatic carbocycles. The molecule has 1 aromatic rings. The summed E-state index contributed by atoms with van der Waals surface area (Å²) in [5.41, 5.74) is 2.48. The number of aliphatic hydroxyl groups excluding tert-OH is 1. The second-order valence-corrected chi connectivity index (χ2v) is 5.46. The van der Waals surface area contributed by atoms with Crippen LogP contribution in [-0.4, -0.2) is 27.2 Å². The zero-order valence-electron chi connectivity index (χ0n) is 10.7. The molecule has 1 saturated carbocycles. The van der Waals surface area contributed by atoms with E-state index >= 15 is 0 Å². The number of hydrogen-bond donors (Lipinski definition) is 2. The molecule has 2 aliphatic rings. The lowest BCUT2D eigenvalue weighted by Crippen LogP contribution is -2.37. The second-order valence-electron chi connectivity index (χ2n) is 5.46. The summed E-state index contributed by atoms with van der Waals surface area (Å²) in [4.78, 5) is 8.77. The van der Waals surface area contributed by atoms with Gasteiger partial charge in [0.2, 0.25) is 0 Å². The van der Waals surface area contributed by atoms with E-state index in [1.807, 2.05) is 0 Å². The van der Waals surface area contributed by atoms with Crippen LogP contribution in [0.3, 0.4) is 0 Å². The summed E-state index contributed by atoms with van der Waals surface area (Å²) in [6.45, 7) is 0. The zero-order valence-corrected chi connectivity index (χ0v) is 10.7. The fraction of sp³-hybridized carbons (Fsp3) is 0.714. The van der Waals surface area contributed by atoms with Crippen molar-refractivity contribution in [2.75, 3.05) is 5.32 Å². The van der Waals surface area contributed by atoms with Crippen molar-refractivity contribution < 1.29 is 5.11 Å². The van der Waals surface area contributed by atoms with Crippen LogP contribution < -0.4 is 5.32 Å². The Kier molecular flexibility index (Phi) is 3.46. The Balaban J connectivity index is 1.79. The highest BCUT2D eigenvalue weighted by Gasteiger charge is 2.25. The van der Waals surface area contributed by atoms with Gasteiger partial charge in [-0.15, -0.1) is 0 Å². The average molecular weight is 247 g/mol. The normalized spacial score (nSPS) is 27.6. The first-order valence-corrected chi connectivity index (χ1v) is 7.12. The Morgan fingerprint density at radius 3 is 2.78 bits per heavy atom. The van der Waals surface area contributed by atoms with Crippen LogP contribution in [0.25, 0.3) is 0 Å². The maximum absolute atomic E-state index is 10.0. The molecule has 2 unspecified atom stereocenters. The Morgan fingerprint density at radius 2 is 1.89 bits per heavy atom. The molecule has 2 atom stereocenters. The summed E-state index contributed by atoms with van der Waals surface area (Å²) in [6.07, 6.45) is 10.3. The maximum atomic E-state index is 10.0. The highest BCUT2D eigenvalue weighted by molar-refractivity contribution is 5.48. The Hall–Kier alpha value is -1.16. The SMILES string of the molecule is OC1CCCCC1Nc1ncnc2c1CCCC2. The van der Waals surface area contributed by atoms with Crippen molar-refractivity contribution in [3.8, 4) is 0 Å². The number of fused-ring (bicyclic) bond motifs is 1. The molecule has 4 nitrogen and oxygen atoms in total. The molecule has 0 saturated heterocycles. The van der Waals surface area contributed by atoms with Gasteiger partial charge in [0.15, 0.2) is 0 Å². The van der Waals surface area contributed by atoms with Gasteiger partial charge in [-0.3, -0.25) is 0 Å². The minimum absolute atomic E-state index is 0.166. The van der Waals surface area contributed by atoms with Crippen LogP contribution in [0.15, 0.2) is 6.33 Å². The van der Waals surface area contributed by atoms with Gasteiger partial charge < -0.3 is 10.4 Å². The van der Waals surface area contributed by atoms with E-state index in [4.69, 9.17) is 0 Å². The summed E-state index contributed by atoms with van der Waals surface area (Å²) in [5.74, 6) is 0.964. The quantitative estimate of drug-likeness (QED) is 0.840. The molecular formula is C14H21N3O. The number of rotatable bonds is 2. The number of aliphatic hydroxyl groups is 1. The van der Waals surface area contributed by atoms with Crippen molar-refractivity contribution in [1.29, 1.82) is 0 Å². The summed E-state index contributed by atoms with van der Waals surface area (Å²) in [7, 11) is 0. The molecule has 98 valence electrons. The van der Waals surface area contributed by atoms with Crippen molar-refractivity contribution in [1.82, 2.24) is 9.97 Å². The van der Waals surface area contributed by atoms with Crippen LogP contribution in [0.5, 0.6) is 0 Å². The van der Waals surface area contributed by atoms with E-state index in [1.165, 1.54) is 30.5 Å². The molecule has 0 amide bonds. The van der Waals surface area contributed by atoms with Gasteiger partial charge in [-0.25, -0.2) is 9.97 Å². The summed E-state index contributed by atoms with van der Waals surface area (Å²) in [6, 6.07) is 0.166. The summed E-state index contributed by atoms with van der Waals surface area (Å²) >= 11 is 0. The highest BCUT2D eigenvalue weighted by Crippen LogP contribution is 2.27. The first-order chi connectivity index (χ1) is 8.84. The van der Waals surface area contributed by atoms with Crippen molar-refractivity contribution in [3.63, 3.8) is 0 Å². The van der Waals surface area contributed by atoms with Crippen LogP contribution in [0.1, 0.15) is 49.8 Å². The molecule has 0 aliphatic heterocycles. The van der Waals surface area contributed by atoms with Crippen molar-refractivity contribution in [2.24, 2.45) is 0 Å². The lowest BCUT2D eigenvalue weighted by molar-refractivity contribution is 0.116. The third-order valence-corrected chi connectivity index (χ3v) is 4.18. The van der Waals surface area contributed by atoms with E-state index in [1.54, 1.807) is 6.33 Å². The van der Waals surface area contributed by atoms with Crippen LogP contribution >= 0.6 is 0 Å². The molecular weight excluding hydrogens is 226 g/mol. The van der Waals surface area contributed by atoms with Gasteiger partial charge in [-0.2, -0.15) is 0 Å². The monoisotopic (exact) mass is 247 g/mol. The number of aryl methyl sites for hydroxylation is 1. The van der Waals surface area contributed by atoms with Gasteiger partial charge in [0, 0.05) is 11.3 Å². The molecule has 1 heterocycles. The average Bonchev–Trinajstić information content (AvgIpc) is 2.42. The predicted molar refractivity (Wildman–Crippen MR) is 70.6 cm³/mol. The topological polar surface area (TPSA) is 58.0 Å². The predicted octanol–water partition coefficient (Wildman–Crippen LogP) is 2.07. The van der Waals surface area contributed by atoms with Gasteiger partial charge in [-0.05, 0) is 38.5 Å². The number of aromatic nitrogens is 2. The molecule has 0 radical (unpaired) electrons. The Labute approximate surface area is 108 Å². The molecule has 0 bridgehead atoms. The third-order valence-electron chi connectivity index (χ3n) is 4.18. The smallest absolute Gasteiger partial charge is 0.133 e. The number of hydrogen-bond acceptors (Lipinski definition) is 4. The summed E-state index contributed by atoms with van der Waals surface area (Å²) in [5, 5.41) is 13.5. The Bertz CT molecular complexity index is 422. The van der Waals surface area contributed by atoms with E-state index in [-0.39, 0.29) is 12.1 Å². The van der Waals surface area contributed by atoms with E-state index in [9.17, 15) is 5.11 Å². The molecule has 18 heavy (non-hydrogen) atoms. The minimum atomic E-state index is -0.229. The second kappa shape index (κ2) is 5.22. The molecule has 0 spiro atoms. The molecule has 1 fully saturated rings. The van der Waals surface area contributed by atoms with Crippen molar-refractivity contribution >= 4 is 5.82 Å². The molecule has 1 aromatic heterocycles. The molecule has 3 rings (SSSR count). The first kappa shape index (κ1) is 11.9. The Morgan fingerprint density at radius 1 is 1.06 bits per heavy atom. The van der Waals surface area contributed by atoms with Crippen LogP contribution in [0.2, 0.25) is 0 Å². The number of nitrogens with one attached hydrogen (secondary N) is 1. The van der Waals surface area contributed by atoms with Crippen LogP contribution in [0, 0.1) is 0 Å². The fourth-order valence-corrected chi connectivity index (χ4v) is 3.10. The lowest BCUT2D eigenvalue weighted by Gasteiger charge is -2.30. The summed E-state index contributed by atoms with van der Waals surface area (Å²) < 4.78 is 0. The van der Waals surface area contributed by atoms with Gasteiger partial charge in [0.25, 0.3) is 0 Å². The van der Waals surface area contributed by atoms with Crippen LogP contribution in [-0.2, 0) is 12.8 Å². The van der Waals surface area contributed by atoms with E-state index in [0.717, 1.165) is 37.9 Å².